The van der Waals surface area contributed by atoms with Crippen molar-refractivity contribution in [1.82, 2.24) is 14.4 Å². The molecule has 0 radical (unpaired) electrons. The number of ether oxygens (including phenoxy) is 1. The Morgan fingerprint density at radius 3 is 1.48 bits per heavy atom. The highest BCUT2D eigenvalue weighted by Gasteiger charge is 2.23. The number of para-hydroxylation sites is 1. The quantitative estimate of drug-likeness (QED) is 0.159. The Morgan fingerprint density at radius 2 is 0.897 bits per heavy atom. The topological polar surface area (TPSA) is 65.7 Å². The van der Waals surface area contributed by atoms with E-state index in [0.29, 0.717) is 17.4 Å². The van der Waals surface area contributed by atoms with E-state index < -0.39 is 0 Å². The van der Waals surface area contributed by atoms with Gasteiger partial charge in [0.05, 0.1) is 21.9 Å². The van der Waals surface area contributed by atoms with E-state index in [0.717, 1.165) is 99.5 Å². The van der Waals surface area contributed by atoms with E-state index >= 15 is 0 Å². The summed E-state index contributed by atoms with van der Waals surface area (Å²) in [5.41, 5.74) is 10.5. The summed E-state index contributed by atoms with van der Waals surface area (Å²) in [4.78, 5) is 10.3. The molecule has 0 aliphatic heterocycles. The lowest BCUT2D eigenvalue weighted by molar-refractivity contribution is 0.470. The van der Waals surface area contributed by atoms with Crippen LogP contribution in [0, 0.1) is 0 Å². The fourth-order valence-electron chi connectivity index (χ4n) is 8.40. The van der Waals surface area contributed by atoms with Gasteiger partial charge in [0, 0.05) is 39.1 Å². The Bertz CT molecular complexity index is 3500. The number of aromatic nitrogens is 3. The molecule has 12 aromatic rings. The molecular weight excluding hydrogens is 715 g/mol. The van der Waals surface area contributed by atoms with E-state index in [-0.39, 0.29) is 0 Å². The van der Waals surface area contributed by atoms with Gasteiger partial charge in [0.2, 0.25) is 11.7 Å². The molecule has 8 aromatic carbocycles. The zero-order valence-electron chi connectivity index (χ0n) is 31.0. The van der Waals surface area contributed by atoms with Gasteiger partial charge in [0.1, 0.15) is 28.4 Å². The second-order valence-electron chi connectivity index (χ2n) is 14.6. The first-order chi connectivity index (χ1) is 28.7. The molecule has 0 fully saturated rings. The molecule has 0 aliphatic rings. The van der Waals surface area contributed by atoms with Crippen LogP contribution in [-0.2, 0) is 0 Å². The van der Waals surface area contributed by atoms with E-state index in [1.807, 2.05) is 78.9 Å². The highest BCUT2D eigenvalue weighted by atomic mass is 16.5. The van der Waals surface area contributed by atoms with Gasteiger partial charge in [-0.1, -0.05) is 140 Å². The molecule has 0 bridgehead atoms. The average molecular weight is 746 g/mol. The second-order valence-corrected chi connectivity index (χ2v) is 14.6. The van der Waals surface area contributed by atoms with Crippen molar-refractivity contribution < 1.29 is 13.6 Å². The number of nitrogens with zero attached hydrogens (tertiary/aromatic N) is 3. The molecule has 4 heterocycles. The third-order valence-corrected chi connectivity index (χ3v) is 11.0. The number of rotatable bonds is 6. The number of furan rings is 2. The van der Waals surface area contributed by atoms with Crippen LogP contribution in [0.25, 0.3) is 105 Å². The molecule has 0 N–H and O–H groups in total. The van der Waals surface area contributed by atoms with Crippen molar-refractivity contribution >= 4 is 60.4 Å². The number of hydrogen-bond acceptors (Lipinski definition) is 5. The summed E-state index contributed by atoms with van der Waals surface area (Å²) in [5, 5.41) is 4.92. The molecule has 6 nitrogen and oxygen atoms in total. The minimum atomic E-state index is 0.473. The monoisotopic (exact) mass is 745 g/mol. The van der Waals surface area contributed by atoms with Gasteiger partial charge in [-0.3, -0.25) is 4.40 Å². The van der Waals surface area contributed by atoms with Gasteiger partial charge < -0.3 is 13.6 Å². The van der Waals surface area contributed by atoms with Crippen LogP contribution < -0.4 is 4.74 Å². The van der Waals surface area contributed by atoms with Gasteiger partial charge in [0.25, 0.3) is 0 Å². The number of benzene rings is 8. The Kier molecular flexibility index (Phi) is 7.13. The molecular formula is C52H31N3O3. The van der Waals surface area contributed by atoms with Crippen LogP contribution in [0.5, 0.6) is 11.6 Å². The predicted octanol–water partition coefficient (Wildman–Crippen LogP) is 14.1. The van der Waals surface area contributed by atoms with Gasteiger partial charge in [-0.25, -0.2) is 4.98 Å². The lowest BCUT2D eigenvalue weighted by Gasteiger charge is -2.12. The van der Waals surface area contributed by atoms with Gasteiger partial charge >= 0.3 is 0 Å². The maximum Gasteiger partial charge on any atom is 0.238 e. The van der Waals surface area contributed by atoms with Gasteiger partial charge in [0.15, 0.2) is 0 Å². The van der Waals surface area contributed by atoms with Crippen molar-refractivity contribution in [2.75, 3.05) is 0 Å². The zero-order chi connectivity index (χ0) is 38.2. The minimum Gasteiger partial charge on any atom is -0.455 e. The maximum atomic E-state index is 6.80. The average Bonchev–Trinajstić information content (AvgIpc) is 3.96. The second kappa shape index (κ2) is 12.8. The number of hydrogen-bond donors (Lipinski definition) is 0. The van der Waals surface area contributed by atoms with Crippen molar-refractivity contribution in [1.29, 1.82) is 0 Å². The van der Waals surface area contributed by atoms with Crippen molar-refractivity contribution in [3.05, 3.63) is 188 Å². The van der Waals surface area contributed by atoms with E-state index in [1.54, 1.807) is 0 Å². The summed E-state index contributed by atoms with van der Waals surface area (Å²) in [7, 11) is 0. The van der Waals surface area contributed by atoms with Crippen LogP contribution in [0.3, 0.4) is 0 Å². The molecule has 272 valence electrons. The smallest absolute Gasteiger partial charge is 0.238 e. The van der Waals surface area contributed by atoms with E-state index in [2.05, 4.69) is 114 Å². The Balaban J connectivity index is 1.15. The lowest BCUT2D eigenvalue weighted by atomic mass is 9.97. The molecule has 4 aromatic heterocycles. The summed E-state index contributed by atoms with van der Waals surface area (Å²) in [6.07, 6.45) is 0. The number of imidazole rings is 1. The summed E-state index contributed by atoms with van der Waals surface area (Å²) < 4.78 is 22.2. The Labute approximate surface area is 331 Å². The van der Waals surface area contributed by atoms with Crippen molar-refractivity contribution in [2.24, 2.45) is 0 Å². The first-order valence-corrected chi connectivity index (χ1v) is 19.3. The number of fused-ring (bicyclic) bond motifs is 8. The van der Waals surface area contributed by atoms with Crippen LogP contribution in [0.1, 0.15) is 0 Å². The highest BCUT2D eigenvalue weighted by molar-refractivity contribution is 6.12. The molecule has 0 aliphatic carbocycles. The summed E-state index contributed by atoms with van der Waals surface area (Å²) >= 11 is 0. The first-order valence-electron chi connectivity index (χ1n) is 19.3. The van der Waals surface area contributed by atoms with Crippen LogP contribution in [0.2, 0.25) is 0 Å². The van der Waals surface area contributed by atoms with Crippen LogP contribution in [0.4, 0.5) is 0 Å². The van der Waals surface area contributed by atoms with Crippen LogP contribution >= 0.6 is 0 Å². The third kappa shape index (κ3) is 5.12. The fourth-order valence-corrected chi connectivity index (χ4v) is 8.40. The van der Waals surface area contributed by atoms with Crippen molar-refractivity contribution in [2.45, 2.75) is 0 Å². The van der Waals surface area contributed by atoms with Crippen molar-refractivity contribution in [3.8, 4) is 56.5 Å². The maximum absolute atomic E-state index is 6.80. The standard InChI is InChI=1S/C52H31N3O3/c1-6-16-32(17-7-1)47-40-27-36-28-43-39(26-37(36)29-45(40)57-49(47)34-20-10-3-11-21-34)51(56-38-24-14-5-15-25-38)54-52-53-42-30-41-46(31-44(42)55(43)52)58-50(35-22-12-4-13-23-35)48(41)33-18-8-2-9-19-33/h1-31H. The van der Waals surface area contributed by atoms with Crippen LogP contribution in [0.15, 0.2) is 197 Å². The van der Waals surface area contributed by atoms with E-state index in [1.165, 1.54) is 0 Å². The zero-order valence-corrected chi connectivity index (χ0v) is 31.0. The molecule has 0 unspecified atom stereocenters. The molecule has 12 rings (SSSR count). The third-order valence-electron chi connectivity index (χ3n) is 11.0. The van der Waals surface area contributed by atoms with Gasteiger partial charge in [-0.2, -0.15) is 4.98 Å². The largest absolute Gasteiger partial charge is 0.455 e. The van der Waals surface area contributed by atoms with E-state index in [9.17, 15) is 0 Å². The molecule has 0 saturated carbocycles. The molecule has 0 amide bonds. The predicted molar refractivity (Wildman–Crippen MR) is 233 cm³/mol. The lowest BCUT2D eigenvalue weighted by Crippen LogP contribution is -1.97. The first kappa shape index (κ1) is 32.3. The van der Waals surface area contributed by atoms with E-state index in [4.69, 9.17) is 23.5 Å². The van der Waals surface area contributed by atoms with Crippen molar-refractivity contribution in [3.63, 3.8) is 0 Å². The molecule has 6 heteroatoms. The summed E-state index contributed by atoms with van der Waals surface area (Å²) in [6, 6.07) is 64.2. The SMILES string of the molecule is c1ccc(Oc2nc3nc4cc5c(-c6ccccc6)c(-c6ccccc6)oc5cc4n3c3cc4cc5c(-c6ccccc6)c(-c6ccccc6)oc5cc4cc23)cc1. The Morgan fingerprint density at radius 1 is 0.414 bits per heavy atom. The minimum absolute atomic E-state index is 0.473. The Hall–Kier alpha value is -7.96. The fraction of sp³-hybridized carbons (Fsp3) is 0. The molecule has 0 spiro atoms. The van der Waals surface area contributed by atoms with Gasteiger partial charge in [-0.05, 0) is 64.4 Å². The molecule has 0 saturated heterocycles. The summed E-state index contributed by atoms with van der Waals surface area (Å²) in [5.74, 6) is 3.36. The molecule has 0 atom stereocenters. The van der Waals surface area contributed by atoms with Crippen LogP contribution in [-0.4, -0.2) is 14.4 Å². The molecule has 58 heavy (non-hydrogen) atoms. The highest BCUT2D eigenvalue weighted by Crippen LogP contribution is 2.45. The normalized spacial score (nSPS) is 11.8. The van der Waals surface area contributed by atoms with Gasteiger partial charge in [-0.15, -0.1) is 0 Å². The summed E-state index contributed by atoms with van der Waals surface area (Å²) in [6.45, 7) is 0.